The van der Waals surface area contributed by atoms with E-state index >= 15 is 0 Å². The van der Waals surface area contributed by atoms with Crippen molar-refractivity contribution in [2.45, 2.75) is 13.1 Å². The minimum Gasteiger partial charge on any atom is -0.486 e. The summed E-state index contributed by atoms with van der Waals surface area (Å²) in [6.07, 6.45) is 1.36. The summed E-state index contributed by atoms with van der Waals surface area (Å²) in [6.45, 7) is 0.992. The Morgan fingerprint density at radius 2 is 1.88 bits per heavy atom. The van der Waals surface area contributed by atoms with Gasteiger partial charge >= 0.3 is 5.69 Å². The SMILES string of the molecule is Cn1c(=O)c2c(ncn2CC(=O)NCc2cc(-c3ccc4c(c3)OCCO4)on2)n(C)c1=O. The smallest absolute Gasteiger partial charge is 0.332 e. The third-order valence-electron chi connectivity index (χ3n) is 5.38. The largest absolute Gasteiger partial charge is 0.486 e. The second-order valence-corrected chi connectivity index (χ2v) is 7.57. The molecule has 170 valence electrons. The van der Waals surface area contributed by atoms with E-state index in [2.05, 4.69) is 15.5 Å². The molecular weight excluding hydrogens is 432 g/mol. The van der Waals surface area contributed by atoms with Crippen LogP contribution in [0.5, 0.6) is 11.5 Å². The number of aromatic nitrogens is 5. The van der Waals surface area contributed by atoms with Crippen molar-refractivity contribution in [1.29, 1.82) is 0 Å². The van der Waals surface area contributed by atoms with Crippen LogP contribution in [0.25, 0.3) is 22.5 Å². The third-order valence-corrected chi connectivity index (χ3v) is 5.38. The molecule has 12 heteroatoms. The number of nitrogens with zero attached hydrogens (tertiary/aromatic N) is 5. The second-order valence-electron chi connectivity index (χ2n) is 7.57. The van der Waals surface area contributed by atoms with Crippen molar-refractivity contribution in [1.82, 2.24) is 29.2 Å². The van der Waals surface area contributed by atoms with E-state index in [1.54, 1.807) is 6.07 Å². The van der Waals surface area contributed by atoms with Gasteiger partial charge in [0.15, 0.2) is 28.4 Å². The average Bonchev–Trinajstić information content (AvgIpc) is 3.47. The molecule has 0 atom stereocenters. The van der Waals surface area contributed by atoms with Crippen LogP contribution >= 0.6 is 0 Å². The summed E-state index contributed by atoms with van der Waals surface area (Å²) in [6, 6.07) is 7.19. The summed E-state index contributed by atoms with van der Waals surface area (Å²) < 4.78 is 20.2. The highest BCUT2D eigenvalue weighted by Crippen LogP contribution is 2.34. The number of nitrogens with one attached hydrogen (secondary N) is 1. The molecule has 1 aliphatic rings. The van der Waals surface area contributed by atoms with E-state index in [-0.39, 0.29) is 30.2 Å². The fraction of sp³-hybridized carbons (Fsp3) is 0.286. The maximum absolute atomic E-state index is 12.5. The van der Waals surface area contributed by atoms with Gasteiger partial charge in [0, 0.05) is 25.7 Å². The zero-order valence-corrected chi connectivity index (χ0v) is 17.9. The molecule has 0 spiro atoms. The van der Waals surface area contributed by atoms with Crippen LogP contribution in [0.2, 0.25) is 0 Å². The Bertz CT molecular complexity index is 1490. The minimum absolute atomic E-state index is 0.135. The maximum Gasteiger partial charge on any atom is 0.332 e. The number of ether oxygens (including phenoxy) is 2. The average molecular weight is 452 g/mol. The van der Waals surface area contributed by atoms with Crippen molar-refractivity contribution >= 4 is 17.1 Å². The van der Waals surface area contributed by atoms with E-state index in [4.69, 9.17) is 14.0 Å². The van der Waals surface area contributed by atoms with Crippen LogP contribution in [0.4, 0.5) is 0 Å². The van der Waals surface area contributed by atoms with Gasteiger partial charge in [0.1, 0.15) is 25.5 Å². The number of hydrogen-bond acceptors (Lipinski definition) is 8. The lowest BCUT2D eigenvalue weighted by molar-refractivity contribution is -0.121. The molecular formula is C21H20N6O6. The highest BCUT2D eigenvalue weighted by atomic mass is 16.6. The maximum atomic E-state index is 12.5. The second kappa shape index (κ2) is 7.97. The minimum atomic E-state index is -0.515. The number of imidazole rings is 1. The third kappa shape index (κ3) is 3.64. The lowest BCUT2D eigenvalue weighted by atomic mass is 10.1. The Hall–Kier alpha value is -4.35. The lowest BCUT2D eigenvalue weighted by Crippen LogP contribution is -2.38. The zero-order chi connectivity index (χ0) is 23.1. The molecule has 0 saturated heterocycles. The van der Waals surface area contributed by atoms with Gasteiger partial charge in [-0.1, -0.05) is 5.16 Å². The molecule has 4 heterocycles. The summed E-state index contributed by atoms with van der Waals surface area (Å²) in [5, 5.41) is 6.74. The number of carbonyl (C=O) groups is 1. The van der Waals surface area contributed by atoms with Crippen molar-refractivity contribution in [2.24, 2.45) is 14.1 Å². The van der Waals surface area contributed by atoms with E-state index in [1.807, 2.05) is 18.2 Å². The molecule has 4 aromatic rings. The summed E-state index contributed by atoms with van der Waals surface area (Å²) in [7, 11) is 2.90. The van der Waals surface area contributed by atoms with Gasteiger partial charge in [-0.05, 0) is 18.2 Å². The van der Waals surface area contributed by atoms with Gasteiger partial charge in [-0.15, -0.1) is 0 Å². The molecule has 0 radical (unpaired) electrons. The van der Waals surface area contributed by atoms with Crippen LogP contribution in [0.3, 0.4) is 0 Å². The van der Waals surface area contributed by atoms with Crippen molar-refractivity contribution in [3.05, 3.63) is 57.1 Å². The summed E-state index contributed by atoms with van der Waals surface area (Å²) >= 11 is 0. The molecule has 1 aromatic carbocycles. The molecule has 1 amide bonds. The molecule has 1 aliphatic heterocycles. The molecule has 0 saturated carbocycles. The van der Waals surface area contributed by atoms with Crippen LogP contribution in [0.1, 0.15) is 5.69 Å². The van der Waals surface area contributed by atoms with Gasteiger partial charge in [-0.2, -0.15) is 0 Å². The van der Waals surface area contributed by atoms with E-state index in [1.165, 1.54) is 29.6 Å². The predicted molar refractivity (Wildman–Crippen MR) is 115 cm³/mol. The van der Waals surface area contributed by atoms with Gasteiger partial charge in [0.05, 0.1) is 12.9 Å². The Labute approximate surface area is 186 Å². The molecule has 5 rings (SSSR count). The molecule has 33 heavy (non-hydrogen) atoms. The van der Waals surface area contributed by atoms with E-state index in [0.29, 0.717) is 36.2 Å². The number of amides is 1. The summed E-state index contributed by atoms with van der Waals surface area (Å²) in [4.78, 5) is 41.1. The normalized spacial score (nSPS) is 12.8. The number of rotatable bonds is 5. The first-order valence-electron chi connectivity index (χ1n) is 10.2. The highest BCUT2D eigenvalue weighted by molar-refractivity contribution is 5.78. The Kier molecular flexibility index (Phi) is 4.96. The number of benzene rings is 1. The predicted octanol–water partition coefficient (Wildman–Crippen LogP) is 0.176. The van der Waals surface area contributed by atoms with Gasteiger partial charge in [0.25, 0.3) is 5.56 Å². The van der Waals surface area contributed by atoms with E-state index < -0.39 is 11.2 Å². The van der Waals surface area contributed by atoms with Crippen LogP contribution in [-0.2, 0) is 32.0 Å². The van der Waals surface area contributed by atoms with Crippen LogP contribution in [-0.4, -0.2) is 43.0 Å². The molecule has 0 bridgehead atoms. The first-order chi connectivity index (χ1) is 15.9. The molecule has 3 aromatic heterocycles. The standard InChI is InChI=1S/C21H20N6O6/c1-25-19-18(20(29)26(2)21(25)30)27(11-23-19)10-17(28)22-9-13-8-15(33-24-13)12-3-4-14-16(7-12)32-6-5-31-14/h3-4,7-8,11H,5-6,9-10H2,1-2H3,(H,22,28). The van der Waals surface area contributed by atoms with E-state index in [0.717, 1.165) is 10.1 Å². The van der Waals surface area contributed by atoms with Gasteiger partial charge in [0.2, 0.25) is 5.91 Å². The molecule has 0 aliphatic carbocycles. The van der Waals surface area contributed by atoms with Crippen molar-refractivity contribution in [3.63, 3.8) is 0 Å². The Balaban J connectivity index is 1.28. The monoisotopic (exact) mass is 452 g/mol. The quantitative estimate of drug-likeness (QED) is 0.453. The topological polar surface area (TPSA) is 135 Å². The fourth-order valence-corrected chi connectivity index (χ4v) is 3.64. The van der Waals surface area contributed by atoms with Crippen LogP contribution in [0, 0.1) is 0 Å². The molecule has 1 N–H and O–H groups in total. The zero-order valence-electron chi connectivity index (χ0n) is 17.9. The van der Waals surface area contributed by atoms with Crippen LogP contribution in [0.15, 0.2) is 44.7 Å². The van der Waals surface area contributed by atoms with Crippen molar-refractivity contribution in [3.8, 4) is 22.8 Å². The first kappa shape index (κ1) is 20.5. The van der Waals surface area contributed by atoms with Gasteiger partial charge in [-0.25, -0.2) is 9.78 Å². The summed E-state index contributed by atoms with van der Waals surface area (Å²) in [5.74, 6) is 1.50. The van der Waals surface area contributed by atoms with Crippen molar-refractivity contribution < 1.29 is 18.8 Å². The molecule has 0 unspecified atom stereocenters. The number of hydrogen-bond donors (Lipinski definition) is 1. The Morgan fingerprint density at radius 1 is 1.09 bits per heavy atom. The number of aryl methyl sites for hydroxylation is 1. The van der Waals surface area contributed by atoms with E-state index in [9.17, 15) is 14.4 Å². The van der Waals surface area contributed by atoms with Crippen molar-refractivity contribution in [2.75, 3.05) is 13.2 Å². The van der Waals surface area contributed by atoms with Gasteiger partial charge in [-0.3, -0.25) is 18.7 Å². The highest BCUT2D eigenvalue weighted by Gasteiger charge is 2.17. The van der Waals surface area contributed by atoms with Crippen LogP contribution < -0.4 is 26.0 Å². The number of carbonyl (C=O) groups excluding carboxylic acids is 1. The fourth-order valence-electron chi connectivity index (χ4n) is 3.64. The lowest BCUT2D eigenvalue weighted by Gasteiger charge is -2.18. The number of fused-ring (bicyclic) bond motifs is 2. The van der Waals surface area contributed by atoms with Gasteiger partial charge < -0.3 is 23.9 Å². The summed E-state index contributed by atoms with van der Waals surface area (Å²) in [5.41, 5.74) is 0.701. The molecule has 12 nitrogen and oxygen atoms in total. The Morgan fingerprint density at radius 3 is 2.70 bits per heavy atom. The molecule has 0 fully saturated rings. The first-order valence-corrected chi connectivity index (χ1v) is 10.2.